The number of ketones is 2. The molecule has 0 radical (unpaired) electrons. The number of aromatic amines is 1. The average molecular weight is 1040 g/mol. The Balaban J connectivity index is 1.25. The highest BCUT2D eigenvalue weighted by Crippen LogP contribution is 2.42. The quantitative estimate of drug-likeness (QED) is 0.103. The van der Waals surface area contributed by atoms with Gasteiger partial charge in [0, 0.05) is 57.6 Å². The van der Waals surface area contributed by atoms with Crippen LogP contribution in [-0.4, -0.2) is 152 Å². The van der Waals surface area contributed by atoms with Crippen molar-refractivity contribution in [2.24, 2.45) is 29.6 Å². The molecule has 2 aromatic rings. The SMILES string of the molecule is CC[C@@H]1/C=C(\C)C[C@H](C)C[C@H](OC)[C@H]2O[C@@](O)(C(=O)C(=O)N3CCCC[C@H]3C(=O)O[C@H](/C(C)=C/[C@@H]3CC[C@@H](OCc4ncc(-c5cc(OC)c(OC)c(OC)c5)[nH]4)[C@H](OC)C3)[C@H](C)[C@@H](O)CC1=O)[C@H](C)C[C@@H]2OC. The van der Waals surface area contributed by atoms with Gasteiger partial charge in [-0.2, -0.15) is 0 Å². The van der Waals surface area contributed by atoms with Gasteiger partial charge in [-0.1, -0.05) is 45.4 Å². The molecule has 14 atom stereocenters. The number of ether oxygens (including phenoxy) is 9. The zero-order valence-electron chi connectivity index (χ0n) is 45.7. The van der Waals surface area contributed by atoms with E-state index in [0.717, 1.165) is 16.8 Å². The molecule has 1 aromatic carbocycles. The summed E-state index contributed by atoms with van der Waals surface area (Å²) in [7, 11) is 9.39. The number of rotatable bonds is 13. The Bertz CT molecular complexity index is 2270. The Labute approximate surface area is 437 Å². The van der Waals surface area contributed by atoms with Crippen LogP contribution in [-0.2, 0) is 54.2 Å². The second kappa shape index (κ2) is 26.4. The zero-order valence-corrected chi connectivity index (χ0v) is 45.7. The van der Waals surface area contributed by atoms with Gasteiger partial charge in [-0.3, -0.25) is 14.4 Å². The van der Waals surface area contributed by atoms with E-state index in [1.54, 1.807) is 48.5 Å². The van der Waals surface area contributed by atoms with Crippen LogP contribution in [0.3, 0.4) is 0 Å². The number of Topliss-reactive ketones (excluding diaryl/α,β-unsaturated/α-hetero) is 2. The summed E-state index contributed by atoms with van der Waals surface area (Å²) in [6.07, 6.45) is 5.79. The first kappa shape index (κ1) is 58.6. The van der Waals surface area contributed by atoms with Crippen LogP contribution in [0.4, 0.5) is 0 Å². The minimum Gasteiger partial charge on any atom is -0.493 e. The molecule has 412 valence electrons. The standard InChI is InChI=1S/C56H83N3O15/c1-13-37-21-31(2)20-32(3)22-45(67-8)52-46(68-9)24-34(5)56(65,74-52)53(62)54(63)59-19-15-14-16-40(59)55(64)73-50(35(6)41(60)28-42(37)61)33(4)23-36-17-18-43(44(25-36)66-7)72-30-49-57-29-39(58-49)38-26-47(69-10)51(71-12)48(27-38)70-11/h21,23,26-27,29,32,34-37,40-41,43-46,50,52,60,65H,13-20,22,24-25,28,30H2,1-12H3,(H,57,58)/b31-21+,33-23+/t32-,34+,35+,36-,37+,40-,41-,43+,44+,45-,46-,50+,52+,56+/m0/s1. The number of nitrogens with one attached hydrogen (secondary N) is 1. The highest BCUT2D eigenvalue weighted by Gasteiger charge is 2.56. The molecule has 0 spiro atoms. The van der Waals surface area contributed by atoms with Crippen molar-refractivity contribution < 1.29 is 72.0 Å². The number of aromatic nitrogens is 2. The summed E-state index contributed by atoms with van der Waals surface area (Å²) in [5.74, 6) is -5.57. The first-order valence-electron chi connectivity index (χ1n) is 26.4. The Kier molecular flexibility index (Phi) is 20.9. The molecule has 74 heavy (non-hydrogen) atoms. The number of aliphatic hydroxyl groups excluding tert-OH is 1. The summed E-state index contributed by atoms with van der Waals surface area (Å²) in [5.41, 5.74) is 3.18. The molecule has 2 bridgehead atoms. The molecule has 4 aliphatic rings. The monoisotopic (exact) mass is 1040 g/mol. The minimum absolute atomic E-state index is 0.0159. The molecule has 1 aromatic heterocycles. The summed E-state index contributed by atoms with van der Waals surface area (Å²) in [5, 5.41) is 24.1. The Hall–Kier alpha value is -4.69. The number of H-pyrrole nitrogens is 1. The fourth-order valence-corrected chi connectivity index (χ4v) is 11.6. The molecule has 18 nitrogen and oxygen atoms in total. The fourth-order valence-electron chi connectivity index (χ4n) is 11.6. The Morgan fingerprint density at radius 1 is 0.878 bits per heavy atom. The molecule has 2 saturated heterocycles. The smallest absolute Gasteiger partial charge is 0.329 e. The van der Waals surface area contributed by atoms with Crippen LogP contribution in [0.1, 0.15) is 118 Å². The lowest BCUT2D eigenvalue weighted by Gasteiger charge is -2.47. The normalized spacial score (nSPS) is 34.2. The van der Waals surface area contributed by atoms with Gasteiger partial charge in [0.15, 0.2) is 11.5 Å². The van der Waals surface area contributed by atoms with E-state index >= 15 is 0 Å². The number of allylic oxidation sites excluding steroid dienone is 3. The zero-order chi connectivity index (χ0) is 54.0. The van der Waals surface area contributed by atoms with Gasteiger partial charge >= 0.3 is 5.97 Å². The van der Waals surface area contributed by atoms with Crippen molar-refractivity contribution in [2.75, 3.05) is 49.2 Å². The largest absolute Gasteiger partial charge is 0.493 e. The Morgan fingerprint density at radius 2 is 1.55 bits per heavy atom. The van der Waals surface area contributed by atoms with E-state index in [1.165, 1.54) is 19.1 Å². The number of fused-ring (bicyclic) bond motifs is 3. The molecule has 3 N–H and O–H groups in total. The number of carbonyl (C=O) groups is 4. The lowest BCUT2D eigenvalue weighted by Crippen LogP contribution is -2.64. The van der Waals surface area contributed by atoms with E-state index in [-0.39, 0.29) is 62.2 Å². The van der Waals surface area contributed by atoms with Gasteiger partial charge in [0.05, 0.1) is 63.7 Å². The summed E-state index contributed by atoms with van der Waals surface area (Å²) in [6, 6.07) is 2.52. The molecular formula is C56H83N3O15. The number of piperidine rings is 1. The lowest BCUT2D eigenvalue weighted by atomic mass is 9.81. The van der Waals surface area contributed by atoms with E-state index in [0.29, 0.717) is 80.0 Å². The van der Waals surface area contributed by atoms with Gasteiger partial charge in [0.1, 0.15) is 36.5 Å². The molecule has 4 heterocycles. The number of hydrogen-bond acceptors (Lipinski definition) is 16. The summed E-state index contributed by atoms with van der Waals surface area (Å²) >= 11 is 0. The number of cyclic esters (lactones) is 1. The van der Waals surface area contributed by atoms with Crippen LogP contribution in [0.25, 0.3) is 11.3 Å². The maximum absolute atomic E-state index is 14.6. The van der Waals surface area contributed by atoms with Crippen molar-refractivity contribution in [1.82, 2.24) is 14.9 Å². The number of methoxy groups -OCH3 is 6. The number of amides is 1. The van der Waals surface area contributed by atoms with Crippen molar-refractivity contribution in [1.29, 1.82) is 0 Å². The highest BCUT2D eigenvalue weighted by molar-refractivity contribution is 6.39. The highest BCUT2D eigenvalue weighted by atomic mass is 16.7. The number of hydrogen-bond donors (Lipinski definition) is 3. The van der Waals surface area contributed by atoms with Gasteiger partial charge in [0.25, 0.3) is 11.7 Å². The van der Waals surface area contributed by atoms with Crippen LogP contribution in [0, 0.1) is 29.6 Å². The second-order valence-electron chi connectivity index (χ2n) is 21.1. The molecule has 3 fully saturated rings. The second-order valence-corrected chi connectivity index (χ2v) is 21.1. The van der Waals surface area contributed by atoms with E-state index in [2.05, 4.69) is 16.9 Å². The van der Waals surface area contributed by atoms with Gasteiger partial charge in [-0.25, -0.2) is 9.78 Å². The molecule has 18 heteroatoms. The van der Waals surface area contributed by atoms with Gasteiger partial charge in [0.2, 0.25) is 11.5 Å². The molecule has 1 aliphatic carbocycles. The van der Waals surface area contributed by atoms with Crippen molar-refractivity contribution in [3.05, 3.63) is 47.5 Å². The fraction of sp³-hybridized carbons (Fsp3) is 0.696. The molecule has 3 aliphatic heterocycles. The van der Waals surface area contributed by atoms with E-state index < -0.39 is 77.8 Å². The maximum atomic E-state index is 14.6. The molecule has 6 rings (SSSR count). The number of imidazole rings is 1. The first-order valence-corrected chi connectivity index (χ1v) is 26.4. The van der Waals surface area contributed by atoms with Gasteiger partial charge in [-0.15, -0.1) is 0 Å². The number of carbonyl (C=O) groups excluding carboxylic acids is 4. The maximum Gasteiger partial charge on any atom is 0.329 e. The van der Waals surface area contributed by atoms with Crippen molar-refractivity contribution in [3.63, 3.8) is 0 Å². The molecule has 1 saturated carbocycles. The van der Waals surface area contributed by atoms with Gasteiger partial charge in [-0.05, 0) is 108 Å². The van der Waals surface area contributed by atoms with Crippen LogP contribution in [0.5, 0.6) is 17.2 Å². The number of aliphatic hydroxyl groups is 2. The number of benzene rings is 1. The lowest BCUT2D eigenvalue weighted by molar-refractivity contribution is -0.302. The van der Waals surface area contributed by atoms with Crippen LogP contribution >= 0.6 is 0 Å². The number of esters is 1. The van der Waals surface area contributed by atoms with Crippen molar-refractivity contribution in [2.45, 2.75) is 173 Å². The summed E-state index contributed by atoms with van der Waals surface area (Å²) in [6.45, 7) is 11.5. The third kappa shape index (κ3) is 13.5. The first-order chi connectivity index (χ1) is 35.3. The number of nitrogens with zero attached hydrogens (tertiary/aromatic N) is 2. The molecule has 0 unspecified atom stereocenters. The third-order valence-corrected chi connectivity index (χ3v) is 15.9. The molecular weight excluding hydrogens is 955 g/mol. The van der Waals surface area contributed by atoms with E-state index in [9.17, 15) is 29.4 Å². The minimum atomic E-state index is -2.53. The van der Waals surface area contributed by atoms with Crippen LogP contribution in [0.15, 0.2) is 41.6 Å². The van der Waals surface area contributed by atoms with Crippen molar-refractivity contribution in [3.8, 4) is 28.5 Å². The van der Waals surface area contributed by atoms with Crippen LogP contribution in [0.2, 0.25) is 0 Å². The van der Waals surface area contributed by atoms with E-state index in [1.807, 2.05) is 45.1 Å². The van der Waals surface area contributed by atoms with Crippen molar-refractivity contribution >= 4 is 23.4 Å². The predicted octanol–water partition coefficient (Wildman–Crippen LogP) is 7.11. The summed E-state index contributed by atoms with van der Waals surface area (Å²) < 4.78 is 53.5. The Morgan fingerprint density at radius 3 is 2.19 bits per heavy atom. The van der Waals surface area contributed by atoms with Gasteiger partial charge < -0.3 is 62.7 Å². The third-order valence-electron chi connectivity index (χ3n) is 15.9. The average Bonchev–Trinajstić information content (AvgIpc) is 3.88. The van der Waals surface area contributed by atoms with Crippen LogP contribution < -0.4 is 14.2 Å². The predicted molar refractivity (Wildman–Crippen MR) is 274 cm³/mol. The topological polar surface area (TPSA) is 224 Å². The van der Waals surface area contributed by atoms with E-state index in [4.69, 9.17) is 42.6 Å². The summed E-state index contributed by atoms with van der Waals surface area (Å²) in [4.78, 5) is 66.6. The molecule has 1 amide bonds.